The van der Waals surface area contributed by atoms with Gasteiger partial charge in [0.05, 0.1) is 10.9 Å². The van der Waals surface area contributed by atoms with Crippen molar-refractivity contribution in [1.29, 1.82) is 0 Å². The molecule has 2 aliphatic rings. The van der Waals surface area contributed by atoms with Crippen molar-refractivity contribution in [3.05, 3.63) is 63.4 Å². The normalized spacial score (nSPS) is 23.0. The first-order valence-corrected chi connectivity index (χ1v) is 9.62. The Balaban J connectivity index is 1.85. The predicted octanol–water partition coefficient (Wildman–Crippen LogP) is 4.47. The smallest absolute Gasteiger partial charge is 0.387 e. The lowest BCUT2D eigenvalue weighted by Gasteiger charge is -2.19. The monoisotopic (exact) mass is 430 g/mol. The Labute approximate surface area is 181 Å². The molecule has 2 heterocycles. The van der Waals surface area contributed by atoms with E-state index in [1.807, 2.05) is 13.0 Å². The minimum atomic E-state index is -3.31. The van der Waals surface area contributed by atoms with Crippen LogP contribution in [0.15, 0.2) is 41.3 Å². The zero-order chi connectivity index (χ0) is 25.4. The van der Waals surface area contributed by atoms with E-state index in [-0.39, 0.29) is 22.5 Å². The van der Waals surface area contributed by atoms with Crippen LogP contribution in [0.3, 0.4) is 0 Å². The van der Waals surface area contributed by atoms with Gasteiger partial charge in [0.2, 0.25) is 5.43 Å². The van der Waals surface area contributed by atoms with Crippen LogP contribution >= 0.6 is 0 Å². The number of benzene rings is 2. The van der Waals surface area contributed by atoms with Crippen LogP contribution in [-0.2, 0) is 6.54 Å². The van der Waals surface area contributed by atoms with Gasteiger partial charge in [0, 0.05) is 35.9 Å². The largest absolute Gasteiger partial charge is 0.477 e. The minimum Gasteiger partial charge on any atom is -0.477 e. The summed E-state index contributed by atoms with van der Waals surface area (Å²) in [6.45, 7) is -0.757. The molecule has 3 aromatic rings. The molecule has 5 rings (SSSR count). The number of nitrogens with one attached hydrogen (secondary N) is 1. The number of ether oxygens (including phenoxy) is 1. The van der Waals surface area contributed by atoms with E-state index < -0.39 is 48.1 Å². The number of carbonyl (C=O) groups is 1. The van der Waals surface area contributed by atoms with Gasteiger partial charge in [-0.15, -0.1) is 0 Å². The van der Waals surface area contributed by atoms with Crippen LogP contribution < -0.4 is 15.5 Å². The molecule has 0 radical (unpaired) electrons. The van der Waals surface area contributed by atoms with E-state index in [9.17, 15) is 23.5 Å². The number of aromatic nitrogens is 1. The topological polar surface area (TPSA) is 80.6 Å². The first kappa shape index (κ1) is 15.5. The van der Waals surface area contributed by atoms with Crippen molar-refractivity contribution >= 4 is 16.9 Å². The lowest BCUT2D eigenvalue weighted by molar-refractivity contribution is -0.0486. The molecule has 0 amide bonds. The molecule has 0 bridgehead atoms. The highest BCUT2D eigenvalue weighted by atomic mass is 19.3. The van der Waals surface area contributed by atoms with Gasteiger partial charge in [0.1, 0.15) is 5.56 Å². The maximum Gasteiger partial charge on any atom is 0.387 e. The number of carboxylic acid groups (broad SMARTS) is 1. The Morgan fingerprint density at radius 1 is 1.32 bits per heavy atom. The Morgan fingerprint density at radius 2 is 2.10 bits per heavy atom. The molecule has 2 aromatic carbocycles. The van der Waals surface area contributed by atoms with Crippen molar-refractivity contribution in [3.8, 4) is 16.9 Å². The van der Waals surface area contributed by atoms with Crippen LogP contribution in [0.2, 0.25) is 0 Å². The van der Waals surface area contributed by atoms with Gasteiger partial charge >= 0.3 is 12.6 Å². The van der Waals surface area contributed by atoms with Crippen molar-refractivity contribution < 1.29 is 28.9 Å². The van der Waals surface area contributed by atoms with Crippen molar-refractivity contribution in [2.24, 2.45) is 0 Å². The summed E-state index contributed by atoms with van der Waals surface area (Å²) in [7, 11) is 0. The Bertz CT molecular complexity index is 1440. The van der Waals surface area contributed by atoms with Gasteiger partial charge in [0.15, 0.2) is 5.75 Å². The molecule has 1 saturated carbocycles. The second-order valence-corrected chi connectivity index (χ2v) is 7.51. The molecule has 1 aliphatic heterocycles. The minimum absolute atomic E-state index is 0.117. The SMILES string of the molecule is [2H]C1([2H])C(n2cc(C(=O)O)c(=O)c3ccc(-c4ccc5c(c4)CN[C@@H]5C)c(OC(F)F)c32)C1([2H])[2H]. The Kier molecular flexibility index (Phi) is 3.59. The van der Waals surface area contributed by atoms with Crippen LogP contribution in [0.4, 0.5) is 8.78 Å². The van der Waals surface area contributed by atoms with E-state index >= 15 is 0 Å². The molecule has 0 saturated heterocycles. The number of rotatable bonds is 5. The summed E-state index contributed by atoms with van der Waals surface area (Å²) in [6, 6.07) is 6.57. The fourth-order valence-corrected chi connectivity index (χ4v) is 4.11. The summed E-state index contributed by atoms with van der Waals surface area (Å²) in [5.74, 6) is -2.06. The molecule has 1 aliphatic carbocycles. The lowest BCUT2D eigenvalue weighted by atomic mass is 9.96. The number of hydrogen-bond acceptors (Lipinski definition) is 4. The number of aromatic carboxylic acids is 1. The summed E-state index contributed by atoms with van der Waals surface area (Å²) < 4.78 is 65.1. The summed E-state index contributed by atoms with van der Waals surface area (Å²) in [5.41, 5.74) is 0.686. The Hall–Kier alpha value is -3.26. The molecule has 31 heavy (non-hydrogen) atoms. The van der Waals surface area contributed by atoms with Crippen molar-refractivity contribution in [3.63, 3.8) is 0 Å². The lowest BCUT2D eigenvalue weighted by Crippen LogP contribution is -2.19. The second kappa shape index (κ2) is 7.16. The third-order valence-electron chi connectivity index (χ3n) is 5.66. The van der Waals surface area contributed by atoms with Gasteiger partial charge in [-0.1, -0.05) is 12.1 Å². The predicted molar refractivity (Wildman–Crippen MR) is 111 cm³/mol. The van der Waals surface area contributed by atoms with E-state index in [4.69, 9.17) is 10.2 Å². The molecule has 1 atom stereocenters. The number of nitrogens with zero attached hydrogens (tertiary/aromatic N) is 1. The van der Waals surface area contributed by atoms with Gasteiger partial charge < -0.3 is 19.7 Å². The van der Waals surface area contributed by atoms with E-state index in [0.29, 0.717) is 12.1 Å². The summed E-state index contributed by atoms with van der Waals surface area (Å²) in [4.78, 5) is 24.6. The van der Waals surface area contributed by atoms with Crippen molar-refractivity contribution in [2.45, 2.75) is 44.9 Å². The third-order valence-corrected chi connectivity index (χ3v) is 5.66. The maximum atomic E-state index is 13.6. The van der Waals surface area contributed by atoms with Gasteiger partial charge in [0.25, 0.3) is 0 Å². The van der Waals surface area contributed by atoms with Crippen molar-refractivity contribution in [2.75, 3.05) is 0 Å². The molecular formula is C23H20F2N2O4. The molecule has 0 spiro atoms. The zero-order valence-corrected chi connectivity index (χ0v) is 16.3. The number of pyridine rings is 1. The van der Waals surface area contributed by atoms with Gasteiger partial charge in [-0.3, -0.25) is 4.79 Å². The number of alkyl halides is 2. The van der Waals surface area contributed by atoms with Crippen LogP contribution in [0.25, 0.3) is 22.0 Å². The highest BCUT2D eigenvalue weighted by Gasteiger charge is 2.30. The van der Waals surface area contributed by atoms with Gasteiger partial charge in [-0.2, -0.15) is 8.78 Å². The first-order chi connectivity index (χ1) is 16.4. The summed E-state index contributed by atoms with van der Waals surface area (Å²) in [6.07, 6.45) is -4.06. The van der Waals surface area contributed by atoms with E-state index in [1.54, 1.807) is 12.1 Å². The highest BCUT2D eigenvalue weighted by molar-refractivity contribution is 5.97. The molecule has 1 aromatic heterocycles. The molecule has 6 nitrogen and oxygen atoms in total. The fraction of sp³-hybridized carbons (Fsp3) is 0.304. The van der Waals surface area contributed by atoms with Crippen LogP contribution in [0.1, 0.15) is 58.7 Å². The van der Waals surface area contributed by atoms with Crippen LogP contribution in [0.5, 0.6) is 5.75 Å². The number of hydrogen-bond donors (Lipinski definition) is 2. The summed E-state index contributed by atoms with van der Waals surface area (Å²) >= 11 is 0. The first-order valence-electron chi connectivity index (χ1n) is 11.6. The number of carboxylic acids is 1. The third kappa shape index (κ3) is 3.27. The quantitative estimate of drug-likeness (QED) is 0.624. The van der Waals surface area contributed by atoms with E-state index in [0.717, 1.165) is 21.9 Å². The zero-order valence-electron chi connectivity index (χ0n) is 20.3. The highest BCUT2D eigenvalue weighted by Crippen LogP contribution is 2.43. The van der Waals surface area contributed by atoms with Gasteiger partial charge in [-0.25, -0.2) is 4.79 Å². The summed E-state index contributed by atoms with van der Waals surface area (Å²) in [5, 5.41) is 12.5. The molecular weight excluding hydrogens is 406 g/mol. The average molecular weight is 430 g/mol. The Morgan fingerprint density at radius 3 is 2.77 bits per heavy atom. The molecule has 160 valence electrons. The van der Waals surface area contributed by atoms with Crippen LogP contribution in [-0.4, -0.2) is 22.3 Å². The average Bonchev–Trinajstić information content (AvgIpc) is 3.02. The standard InChI is InChI=1S/C23H20F2N2O4/c1-11-15-5-2-12(8-13(15)9-26-11)16-6-7-17-19(21(16)31-23(24)25)27(14-3-4-14)10-18(20(17)28)22(29)30/h2,5-8,10-11,14,23,26H,3-4,9H2,1H3,(H,29,30)/t11-/m1/s1/i3D2,4D2. The van der Waals surface area contributed by atoms with Gasteiger partial charge in [-0.05, 0) is 54.6 Å². The number of halogens is 2. The fourth-order valence-electron chi connectivity index (χ4n) is 4.11. The van der Waals surface area contributed by atoms with Crippen molar-refractivity contribution in [1.82, 2.24) is 9.88 Å². The maximum absolute atomic E-state index is 13.6. The van der Waals surface area contributed by atoms with Crippen LogP contribution in [0, 0.1) is 0 Å². The molecule has 8 heteroatoms. The second-order valence-electron chi connectivity index (χ2n) is 7.51. The number of fused-ring (bicyclic) bond motifs is 2. The van der Waals surface area contributed by atoms with E-state index in [2.05, 4.69) is 5.32 Å². The molecule has 2 N–H and O–H groups in total. The van der Waals surface area contributed by atoms with E-state index in [1.165, 1.54) is 12.1 Å². The molecule has 1 fully saturated rings. The molecule has 0 unspecified atom stereocenters.